The Morgan fingerprint density at radius 3 is 2.47 bits per heavy atom. The van der Waals surface area contributed by atoms with E-state index < -0.39 is 7.67 Å². The summed E-state index contributed by atoms with van der Waals surface area (Å²) < 4.78 is 21.0. The Labute approximate surface area is 112 Å². The van der Waals surface area contributed by atoms with Crippen molar-refractivity contribution < 1.29 is 13.9 Å². The molecule has 5 nitrogen and oxygen atoms in total. The predicted octanol–water partition coefficient (Wildman–Crippen LogP) is 2.14. The van der Waals surface area contributed by atoms with Crippen LogP contribution in [-0.4, -0.2) is 53.2 Å². The van der Waals surface area contributed by atoms with Crippen molar-refractivity contribution in [2.75, 3.05) is 38.0 Å². The highest BCUT2D eigenvalue weighted by molar-refractivity contribution is 7.54. The summed E-state index contributed by atoms with van der Waals surface area (Å²) in [5, 5.41) is 0. The quantitative estimate of drug-likeness (QED) is 0.577. The van der Waals surface area contributed by atoms with Crippen LogP contribution in [-0.2, 0) is 13.9 Å². The third kappa shape index (κ3) is 3.58. The first-order valence-electron chi connectivity index (χ1n) is 5.46. The first-order valence-corrected chi connectivity index (χ1v) is 8.06. The molecule has 0 aliphatic carbocycles. The fraction of sp³-hybridized carbons (Fsp3) is 0.889. The average Bonchev–Trinajstić information content (AvgIpc) is 2.29. The van der Waals surface area contributed by atoms with Crippen LogP contribution in [0.1, 0.15) is 13.3 Å². The summed E-state index contributed by atoms with van der Waals surface area (Å²) in [4.78, 5) is 11.5. The SMILES string of the molecule is CC(=O)N1CCCOP1(=O)N(CCCl)CCCl. The van der Waals surface area contributed by atoms with Crippen molar-refractivity contribution in [1.29, 1.82) is 0 Å². The van der Waals surface area contributed by atoms with Crippen molar-refractivity contribution in [3.05, 3.63) is 0 Å². The van der Waals surface area contributed by atoms with Crippen LogP contribution in [0.4, 0.5) is 0 Å². The van der Waals surface area contributed by atoms with Crippen LogP contribution in [0.25, 0.3) is 0 Å². The first kappa shape index (κ1) is 15.3. The molecule has 1 fully saturated rings. The van der Waals surface area contributed by atoms with E-state index in [2.05, 4.69) is 0 Å². The van der Waals surface area contributed by atoms with Crippen LogP contribution in [0.3, 0.4) is 0 Å². The number of rotatable bonds is 5. The van der Waals surface area contributed by atoms with Crippen LogP contribution in [0.2, 0.25) is 0 Å². The maximum atomic E-state index is 12.8. The molecule has 1 saturated heterocycles. The zero-order chi connectivity index (χ0) is 12.9. The summed E-state index contributed by atoms with van der Waals surface area (Å²) in [6.07, 6.45) is 0.694. The summed E-state index contributed by atoms with van der Waals surface area (Å²) in [5.74, 6) is 0.383. The van der Waals surface area contributed by atoms with E-state index in [0.29, 0.717) is 44.4 Å². The Balaban J connectivity index is 2.92. The Morgan fingerprint density at radius 2 is 2.00 bits per heavy atom. The lowest BCUT2D eigenvalue weighted by Crippen LogP contribution is -2.41. The zero-order valence-corrected chi connectivity index (χ0v) is 12.2. The molecule has 8 heteroatoms. The van der Waals surface area contributed by atoms with E-state index in [1.165, 1.54) is 11.6 Å². The van der Waals surface area contributed by atoms with Crippen molar-refractivity contribution in [2.24, 2.45) is 0 Å². The van der Waals surface area contributed by atoms with Crippen LogP contribution in [0.15, 0.2) is 0 Å². The largest absolute Gasteiger partial charge is 0.373 e. The monoisotopic (exact) mass is 302 g/mol. The van der Waals surface area contributed by atoms with Gasteiger partial charge >= 0.3 is 7.67 Å². The molecule has 1 aliphatic heterocycles. The lowest BCUT2D eigenvalue weighted by molar-refractivity contribution is -0.125. The number of hydrogen-bond acceptors (Lipinski definition) is 3. The maximum Gasteiger partial charge on any atom is 0.373 e. The molecule has 0 N–H and O–H groups in total. The summed E-state index contributed by atoms with van der Waals surface area (Å²) in [5.41, 5.74) is 0. The third-order valence-electron chi connectivity index (χ3n) is 2.48. The van der Waals surface area contributed by atoms with Crippen molar-refractivity contribution in [3.63, 3.8) is 0 Å². The van der Waals surface area contributed by atoms with Gasteiger partial charge in [0.15, 0.2) is 0 Å². The van der Waals surface area contributed by atoms with Gasteiger partial charge in [0.05, 0.1) is 6.61 Å². The second-order valence-corrected chi connectivity index (χ2v) is 6.69. The molecular formula is C9H17Cl2N2O3P. The molecule has 1 amide bonds. The van der Waals surface area contributed by atoms with E-state index in [1.54, 1.807) is 4.67 Å². The van der Waals surface area contributed by atoms with Crippen molar-refractivity contribution >= 4 is 36.8 Å². The molecule has 0 bridgehead atoms. The van der Waals surface area contributed by atoms with Gasteiger partial charge in [-0.1, -0.05) is 0 Å². The average molecular weight is 303 g/mol. The number of halogens is 2. The number of amides is 1. The molecule has 17 heavy (non-hydrogen) atoms. The highest BCUT2D eigenvalue weighted by atomic mass is 35.5. The van der Waals surface area contributed by atoms with Crippen molar-refractivity contribution in [1.82, 2.24) is 9.34 Å². The minimum Gasteiger partial charge on any atom is -0.302 e. The Hall–Kier alpha value is 0.200. The highest BCUT2D eigenvalue weighted by Gasteiger charge is 2.42. The topological polar surface area (TPSA) is 49.9 Å². The van der Waals surface area contributed by atoms with E-state index in [0.717, 1.165) is 0 Å². The minimum absolute atomic E-state index is 0.248. The van der Waals surface area contributed by atoms with Gasteiger partial charge in [-0.2, -0.15) is 0 Å². The normalized spacial score (nSPS) is 25.3. The van der Waals surface area contributed by atoms with Gasteiger partial charge in [0.1, 0.15) is 0 Å². The van der Waals surface area contributed by atoms with Gasteiger partial charge in [-0.15, -0.1) is 23.2 Å². The maximum absolute atomic E-state index is 12.8. The van der Waals surface area contributed by atoms with Crippen LogP contribution in [0, 0.1) is 0 Å². The number of nitrogens with zero attached hydrogens (tertiary/aromatic N) is 2. The standard InChI is InChI=1S/C9H17Cl2N2O3P/c1-9(14)13-5-2-8-16-17(13,15)12(6-3-10)7-4-11/h2-8H2,1H3. The molecule has 0 aromatic heterocycles. The molecule has 100 valence electrons. The number of alkyl halides is 2. The molecule has 0 aromatic rings. The fourth-order valence-corrected chi connectivity index (χ4v) is 4.80. The van der Waals surface area contributed by atoms with Gasteiger partial charge < -0.3 is 4.52 Å². The van der Waals surface area contributed by atoms with Gasteiger partial charge in [-0.3, -0.25) is 9.46 Å². The number of carbonyl (C=O) groups excluding carboxylic acids is 1. The van der Waals surface area contributed by atoms with Gasteiger partial charge in [-0.05, 0) is 6.42 Å². The Bertz CT molecular complexity index is 311. The van der Waals surface area contributed by atoms with Gasteiger partial charge in [0.2, 0.25) is 5.91 Å². The number of carbonyl (C=O) groups is 1. The van der Waals surface area contributed by atoms with Gasteiger partial charge in [0, 0.05) is 38.3 Å². The molecule has 0 aromatic carbocycles. The fourth-order valence-electron chi connectivity index (χ4n) is 1.72. The molecule has 0 radical (unpaired) electrons. The van der Waals surface area contributed by atoms with E-state index >= 15 is 0 Å². The Kier molecular flexibility index (Phi) is 6.24. The molecule has 1 aliphatic rings. The summed E-state index contributed by atoms with van der Waals surface area (Å²) >= 11 is 11.4. The summed E-state index contributed by atoms with van der Waals surface area (Å²) in [7, 11) is -3.27. The van der Waals surface area contributed by atoms with Crippen LogP contribution < -0.4 is 0 Å². The molecule has 0 saturated carbocycles. The highest BCUT2D eigenvalue weighted by Crippen LogP contribution is 2.56. The molecule has 1 atom stereocenters. The second-order valence-electron chi connectivity index (χ2n) is 3.65. The van der Waals surface area contributed by atoms with Gasteiger partial charge in [-0.25, -0.2) is 9.24 Å². The zero-order valence-electron chi connectivity index (χ0n) is 9.77. The summed E-state index contributed by atoms with van der Waals surface area (Å²) in [6.45, 7) is 3.00. The molecule has 1 rings (SSSR count). The van der Waals surface area contributed by atoms with E-state index in [-0.39, 0.29) is 5.91 Å². The smallest absolute Gasteiger partial charge is 0.302 e. The van der Waals surface area contributed by atoms with E-state index in [1.807, 2.05) is 0 Å². The van der Waals surface area contributed by atoms with Crippen LogP contribution in [0.5, 0.6) is 0 Å². The van der Waals surface area contributed by atoms with Gasteiger partial charge in [0.25, 0.3) is 0 Å². The first-order chi connectivity index (χ1) is 8.06. The minimum atomic E-state index is -3.27. The van der Waals surface area contributed by atoms with Crippen molar-refractivity contribution in [2.45, 2.75) is 13.3 Å². The lowest BCUT2D eigenvalue weighted by atomic mass is 10.4. The second kappa shape index (κ2) is 6.95. The molecule has 1 heterocycles. The third-order valence-corrected chi connectivity index (χ3v) is 5.55. The van der Waals surface area contributed by atoms with E-state index in [9.17, 15) is 9.36 Å². The lowest BCUT2D eigenvalue weighted by Gasteiger charge is -2.40. The molecular weight excluding hydrogens is 286 g/mol. The Morgan fingerprint density at radius 1 is 1.41 bits per heavy atom. The number of hydrogen-bond donors (Lipinski definition) is 0. The van der Waals surface area contributed by atoms with E-state index in [4.69, 9.17) is 27.7 Å². The van der Waals surface area contributed by atoms with Crippen LogP contribution >= 0.6 is 30.9 Å². The predicted molar refractivity (Wildman–Crippen MR) is 68.6 cm³/mol. The molecule has 1 unspecified atom stereocenters. The van der Waals surface area contributed by atoms with Crippen molar-refractivity contribution in [3.8, 4) is 0 Å². The summed E-state index contributed by atoms with van der Waals surface area (Å²) in [6, 6.07) is 0. The molecule has 0 spiro atoms.